The van der Waals surface area contributed by atoms with Crippen LogP contribution in [0, 0.1) is 0 Å². The molecule has 2 aromatic carbocycles. The summed E-state index contributed by atoms with van der Waals surface area (Å²) in [4.78, 5) is 8.78. The fourth-order valence-electron chi connectivity index (χ4n) is 2.54. The first-order valence-corrected chi connectivity index (χ1v) is 7.69. The molecule has 0 unspecified atom stereocenters. The highest BCUT2D eigenvalue weighted by atomic mass is 16.3. The van der Waals surface area contributed by atoms with E-state index in [2.05, 4.69) is 15.3 Å². The van der Waals surface area contributed by atoms with Gasteiger partial charge in [0, 0.05) is 11.8 Å². The molecular formula is C19H16N4O. The molecule has 0 aliphatic carbocycles. The van der Waals surface area contributed by atoms with Crippen molar-refractivity contribution in [1.82, 2.24) is 9.97 Å². The molecule has 4 aromatic rings. The van der Waals surface area contributed by atoms with Crippen molar-refractivity contribution in [2.45, 2.75) is 6.54 Å². The number of fused-ring (bicyclic) bond motifs is 1. The fourth-order valence-corrected chi connectivity index (χ4v) is 2.54. The molecule has 24 heavy (non-hydrogen) atoms. The average molecular weight is 316 g/mol. The summed E-state index contributed by atoms with van der Waals surface area (Å²) in [6, 6.07) is 19.3. The third kappa shape index (κ3) is 2.79. The molecule has 0 bridgehead atoms. The maximum absolute atomic E-state index is 6.16. The van der Waals surface area contributed by atoms with Gasteiger partial charge in [-0.1, -0.05) is 18.2 Å². The van der Waals surface area contributed by atoms with Gasteiger partial charge < -0.3 is 15.5 Å². The fraction of sp³-hybridized carbons (Fsp3) is 0.0526. The lowest BCUT2D eigenvalue weighted by Crippen LogP contribution is -2.03. The first-order valence-electron chi connectivity index (χ1n) is 7.69. The van der Waals surface area contributed by atoms with Crippen molar-refractivity contribution >= 4 is 22.5 Å². The Hall–Kier alpha value is -3.34. The molecule has 0 fully saturated rings. The van der Waals surface area contributed by atoms with E-state index in [1.54, 1.807) is 6.20 Å². The van der Waals surface area contributed by atoms with E-state index in [9.17, 15) is 0 Å². The van der Waals surface area contributed by atoms with Crippen LogP contribution in [0.15, 0.2) is 71.3 Å². The molecule has 5 nitrogen and oxygen atoms in total. The third-order valence-corrected chi connectivity index (χ3v) is 3.78. The number of pyridine rings is 1. The van der Waals surface area contributed by atoms with Gasteiger partial charge in [-0.05, 0) is 42.5 Å². The van der Waals surface area contributed by atoms with E-state index in [0.29, 0.717) is 18.1 Å². The number of aromatic nitrogens is 2. The van der Waals surface area contributed by atoms with E-state index in [1.165, 1.54) is 0 Å². The molecule has 0 atom stereocenters. The standard InChI is InChI=1S/C19H16N4O/c20-15-11-13(19-23-17-6-1-2-7-18(17)24-19)8-9-16(15)22-12-14-5-3-4-10-21-14/h1-11,22H,12,20H2. The zero-order chi connectivity index (χ0) is 16.4. The monoisotopic (exact) mass is 316 g/mol. The summed E-state index contributed by atoms with van der Waals surface area (Å²) >= 11 is 0. The highest BCUT2D eigenvalue weighted by Crippen LogP contribution is 2.29. The molecule has 0 radical (unpaired) electrons. The number of nitrogen functional groups attached to an aromatic ring is 1. The number of hydrogen-bond acceptors (Lipinski definition) is 5. The zero-order valence-corrected chi connectivity index (χ0v) is 12.9. The Bertz CT molecular complexity index is 946. The number of oxazole rings is 1. The van der Waals surface area contributed by atoms with E-state index < -0.39 is 0 Å². The molecule has 0 aliphatic rings. The molecule has 2 heterocycles. The molecule has 0 saturated heterocycles. The van der Waals surface area contributed by atoms with Crippen molar-refractivity contribution in [3.63, 3.8) is 0 Å². The predicted octanol–water partition coefficient (Wildman–Crippen LogP) is 4.08. The maximum atomic E-state index is 6.16. The molecule has 2 aromatic heterocycles. The Morgan fingerprint density at radius 3 is 2.67 bits per heavy atom. The van der Waals surface area contributed by atoms with Gasteiger partial charge in [-0.25, -0.2) is 4.98 Å². The summed E-state index contributed by atoms with van der Waals surface area (Å²) in [5, 5.41) is 3.30. The van der Waals surface area contributed by atoms with Crippen LogP contribution >= 0.6 is 0 Å². The second-order valence-electron chi connectivity index (χ2n) is 5.46. The van der Waals surface area contributed by atoms with Gasteiger partial charge >= 0.3 is 0 Å². The minimum absolute atomic E-state index is 0.569. The van der Waals surface area contributed by atoms with Gasteiger partial charge in [0.2, 0.25) is 5.89 Å². The van der Waals surface area contributed by atoms with Gasteiger partial charge in [-0.3, -0.25) is 4.98 Å². The summed E-state index contributed by atoms with van der Waals surface area (Å²) < 4.78 is 5.78. The minimum atomic E-state index is 0.569. The Morgan fingerprint density at radius 1 is 1.00 bits per heavy atom. The SMILES string of the molecule is Nc1cc(-c2nc3ccccc3o2)ccc1NCc1ccccn1. The highest BCUT2D eigenvalue weighted by Gasteiger charge is 2.09. The number of nitrogens with two attached hydrogens (primary N) is 1. The first kappa shape index (κ1) is 14.3. The third-order valence-electron chi connectivity index (χ3n) is 3.78. The Labute approximate surface area is 139 Å². The lowest BCUT2D eigenvalue weighted by molar-refractivity contribution is 0.620. The summed E-state index contributed by atoms with van der Waals surface area (Å²) in [6.45, 7) is 0.618. The summed E-state index contributed by atoms with van der Waals surface area (Å²) in [6.07, 6.45) is 1.77. The number of para-hydroxylation sites is 2. The van der Waals surface area contributed by atoms with Gasteiger partial charge in [0.1, 0.15) is 5.52 Å². The lowest BCUT2D eigenvalue weighted by atomic mass is 10.1. The van der Waals surface area contributed by atoms with Crippen LogP contribution in [0.4, 0.5) is 11.4 Å². The highest BCUT2D eigenvalue weighted by molar-refractivity contribution is 5.78. The second-order valence-corrected chi connectivity index (χ2v) is 5.46. The van der Waals surface area contributed by atoms with E-state index >= 15 is 0 Å². The van der Waals surface area contributed by atoms with Crippen LogP contribution in [0.2, 0.25) is 0 Å². The number of nitrogens with one attached hydrogen (secondary N) is 1. The minimum Gasteiger partial charge on any atom is -0.436 e. The van der Waals surface area contributed by atoms with Crippen LogP contribution in [0.3, 0.4) is 0 Å². The van der Waals surface area contributed by atoms with Crippen LogP contribution in [0.1, 0.15) is 5.69 Å². The zero-order valence-electron chi connectivity index (χ0n) is 12.9. The Balaban J connectivity index is 1.57. The van der Waals surface area contributed by atoms with E-state index in [-0.39, 0.29) is 0 Å². The lowest BCUT2D eigenvalue weighted by Gasteiger charge is -2.09. The van der Waals surface area contributed by atoms with Gasteiger partial charge in [0.15, 0.2) is 5.58 Å². The molecule has 0 spiro atoms. The topological polar surface area (TPSA) is 77.0 Å². The molecular weight excluding hydrogens is 300 g/mol. The average Bonchev–Trinajstić information content (AvgIpc) is 3.06. The van der Waals surface area contributed by atoms with Crippen molar-refractivity contribution in [2.24, 2.45) is 0 Å². The van der Waals surface area contributed by atoms with Crippen LogP contribution in [-0.4, -0.2) is 9.97 Å². The van der Waals surface area contributed by atoms with Crippen LogP contribution in [0.5, 0.6) is 0 Å². The van der Waals surface area contributed by atoms with Gasteiger partial charge in [-0.15, -0.1) is 0 Å². The Morgan fingerprint density at radius 2 is 1.88 bits per heavy atom. The van der Waals surface area contributed by atoms with Crippen LogP contribution < -0.4 is 11.1 Å². The first-order chi connectivity index (χ1) is 11.8. The molecule has 5 heteroatoms. The molecule has 0 saturated carbocycles. The Kier molecular flexibility index (Phi) is 3.59. The van der Waals surface area contributed by atoms with Gasteiger partial charge in [0.25, 0.3) is 0 Å². The summed E-state index contributed by atoms with van der Waals surface area (Å²) in [5.41, 5.74) is 11.1. The van der Waals surface area contributed by atoms with E-state index in [0.717, 1.165) is 28.0 Å². The number of anilines is 2. The van der Waals surface area contributed by atoms with Crippen molar-refractivity contribution in [3.05, 3.63) is 72.6 Å². The largest absolute Gasteiger partial charge is 0.436 e. The van der Waals surface area contributed by atoms with E-state index in [1.807, 2.05) is 60.7 Å². The normalized spacial score (nSPS) is 10.8. The van der Waals surface area contributed by atoms with Gasteiger partial charge in [-0.2, -0.15) is 0 Å². The predicted molar refractivity (Wildman–Crippen MR) is 95.4 cm³/mol. The summed E-state index contributed by atoms with van der Waals surface area (Å²) in [5.74, 6) is 0.569. The van der Waals surface area contributed by atoms with Gasteiger partial charge in [0.05, 0.1) is 23.6 Å². The number of nitrogens with zero attached hydrogens (tertiary/aromatic N) is 2. The van der Waals surface area contributed by atoms with Crippen molar-refractivity contribution in [3.8, 4) is 11.5 Å². The molecule has 4 rings (SSSR count). The number of hydrogen-bond donors (Lipinski definition) is 2. The maximum Gasteiger partial charge on any atom is 0.227 e. The summed E-state index contributed by atoms with van der Waals surface area (Å²) in [7, 11) is 0. The molecule has 0 aliphatic heterocycles. The molecule has 3 N–H and O–H groups in total. The number of rotatable bonds is 4. The quantitative estimate of drug-likeness (QED) is 0.555. The van der Waals surface area contributed by atoms with E-state index in [4.69, 9.17) is 10.2 Å². The van der Waals surface area contributed by atoms with Crippen LogP contribution in [-0.2, 0) is 6.54 Å². The van der Waals surface area contributed by atoms with Crippen molar-refractivity contribution in [1.29, 1.82) is 0 Å². The number of benzene rings is 2. The molecule has 0 amide bonds. The molecule has 118 valence electrons. The van der Waals surface area contributed by atoms with Crippen molar-refractivity contribution in [2.75, 3.05) is 11.1 Å². The smallest absolute Gasteiger partial charge is 0.227 e. The van der Waals surface area contributed by atoms with Crippen LogP contribution in [0.25, 0.3) is 22.6 Å². The second kappa shape index (κ2) is 6.04. The van der Waals surface area contributed by atoms with Crippen molar-refractivity contribution < 1.29 is 4.42 Å².